The van der Waals surface area contributed by atoms with Gasteiger partial charge < -0.3 is 14.8 Å². The molecule has 6 nitrogen and oxygen atoms in total. The van der Waals surface area contributed by atoms with Crippen LogP contribution in [-0.2, 0) is 0 Å². The molecule has 0 aliphatic rings. The molecule has 0 fully saturated rings. The molecule has 2 N–H and O–H groups in total. The second kappa shape index (κ2) is 8.15. The molecular weight excluding hydrogens is 411 g/mol. The van der Waals surface area contributed by atoms with Crippen LogP contribution in [0.25, 0.3) is 11.5 Å². The molecule has 3 aromatic rings. The van der Waals surface area contributed by atoms with Gasteiger partial charge in [-0.25, -0.2) is 0 Å². The predicted molar refractivity (Wildman–Crippen MR) is 104 cm³/mol. The van der Waals surface area contributed by atoms with Gasteiger partial charge in [0, 0.05) is 10.6 Å². The fourth-order valence-corrected chi connectivity index (χ4v) is 2.93. The molecule has 0 unspecified atom stereocenters. The van der Waals surface area contributed by atoms with E-state index in [0.29, 0.717) is 16.3 Å². The van der Waals surface area contributed by atoms with E-state index < -0.39 is 12.1 Å². The van der Waals surface area contributed by atoms with E-state index in [4.69, 9.17) is 44.5 Å². The van der Waals surface area contributed by atoms with Crippen LogP contribution in [-0.4, -0.2) is 21.4 Å². The summed E-state index contributed by atoms with van der Waals surface area (Å²) in [6.45, 7) is 1.57. The number of benzene rings is 2. The summed E-state index contributed by atoms with van der Waals surface area (Å²) in [7, 11) is 0. The lowest BCUT2D eigenvalue weighted by Crippen LogP contribution is -2.23. The van der Waals surface area contributed by atoms with Gasteiger partial charge in [0.05, 0.1) is 27.4 Å². The average Bonchev–Trinajstić information content (AvgIpc) is 3.13. The van der Waals surface area contributed by atoms with Crippen molar-refractivity contribution in [1.82, 2.24) is 10.2 Å². The van der Waals surface area contributed by atoms with Crippen LogP contribution in [0.15, 0.2) is 40.8 Å². The molecule has 0 amide bonds. The summed E-state index contributed by atoms with van der Waals surface area (Å²) in [4.78, 5) is 0. The smallest absolute Gasteiger partial charge is 0.247 e. The number of aliphatic hydroxyl groups is 1. The standard InChI is InChI=1S/C18H13Cl3N4O2/c1-9(26)16(23-13-7-4-11(8-22)14(20)15(13)21)18-25-24-17(27-18)10-2-5-12(19)6-3-10/h2-7,9,16,23,26H,1H3/t9-,16+/m0/s1. The molecular formula is C18H13Cl3N4O2. The minimum atomic E-state index is -0.881. The van der Waals surface area contributed by atoms with Gasteiger partial charge in [0.1, 0.15) is 12.1 Å². The van der Waals surface area contributed by atoms with Crippen LogP contribution in [0, 0.1) is 11.3 Å². The van der Waals surface area contributed by atoms with E-state index in [1.165, 1.54) is 6.07 Å². The fraction of sp³-hybridized carbons (Fsp3) is 0.167. The first kappa shape index (κ1) is 19.5. The summed E-state index contributed by atoms with van der Waals surface area (Å²) in [5.74, 6) is 0.463. The first-order valence-electron chi connectivity index (χ1n) is 7.82. The van der Waals surface area contributed by atoms with E-state index in [-0.39, 0.29) is 27.4 Å². The number of nitrogens with one attached hydrogen (secondary N) is 1. The molecule has 9 heteroatoms. The number of hydrogen-bond acceptors (Lipinski definition) is 6. The lowest BCUT2D eigenvalue weighted by Gasteiger charge is -2.20. The maximum atomic E-state index is 10.2. The molecule has 1 aromatic heterocycles. The van der Waals surface area contributed by atoms with Crippen molar-refractivity contribution >= 4 is 40.5 Å². The Kier molecular flexibility index (Phi) is 5.88. The van der Waals surface area contributed by atoms with Crippen LogP contribution < -0.4 is 5.32 Å². The van der Waals surface area contributed by atoms with Crippen molar-refractivity contribution in [2.75, 3.05) is 5.32 Å². The molecule has 0 aliphatic carbocycles. The van der Waals surface area contributed by atoms with E-state index in [9.17, 15) is 5.11 Å². The minimum absolute atomic E-state index is 0.126. The molecule has 0 spiro atoms. The Morgan fingerprint density at radius 1 is 1.07 bits per heavy atom. The lowest BCUT2D eigenvalue weighted by atomic mass is 10.1. The lowest BCUT2D eigenvalue weighted by molar-refractivity contribution is 0.160. The van der Waals surface area contributed by atoms with Gasteiger partial charge in [-0.15, -0.1) is 10.2 Å². The number of halogens is 3. The highest BCUT2D eigenvalue weighted by molar-refractivity contribution is 6.44. The quantitative estimate of drug-likeness (QED) is 0.592. The average molecular weight is 424 g/mol. The van der Waals surface area contributed by atoms with Crippen LogP contribution in [0.5, 0.6) is 0 Å². The van der Waals surface area contributed by atoms with Crippen molar-refractivity contribution in [3.63, 3.8) is 0 Å². The van der Waals surface area contributed by atoms with Gasteiger partial charge in [0.15, 0.2) is 0 Å². The Hall–Kier alpha value is -2.30. The van der Waals surface area contributed by atoms with Gasteiger partial charge in [0.2, 0.25) is 11.8 Å². The van der Waals surface area contributed by atoms with Gasteiger partial charge in [-0.1, -0.05) is 34.8 Å². The number of nitriles is 1. The zero-order valence-electron chi connectivity index (χ0n) is 13.9. The van der Waals surface area contributed by atoms with Gasteiger partial charge in [0.25, 0.3) is 0 Å². The predicted octanol–water partition coefficient (Wildman–Crippen LogP) is 5.10. The second-order valence-corrected chi connectivity index (χ2v) is 6.91. The van der Waals surface area contributed by atoms with Crippen LogP contribution in [0.3, 0.4) is 0 Å². The Labute approximate surface area is 170 Å². The van der Waals surface area contributed by atoms with Crippen molar-refractivity contribution in [3.05, 3.63) is 62.9 Å². The number of aromatic nitrogens is 2. The molecule has 138 valence electrons. The van der Waals surface area contributed by atoms with Gasteiger partial charge in [-0.3, -0.25) is 0 Å². The Morgan fingerprint density at radius 3 is 2.41 bits per heavy atom. The Bertz CT molecular complexity index is 997. The first-order valence-corrected chi connectivity index (χ1v) is 8.96. The molecule has 27 heavy (non-hydrogen) atoms. The van der Waals surface area contributed by atoms with Crippen LogP contribution in [0.4, 0.5) is 5.69 Å². The van der Waals surface area contributed by atoms with Crippen molar-refractivity contribution in [1.29, 1.82) is 5.26 Å². The summed E-state index contributed by atoms with van der Waals surface area (Å²) >= 11 is 18.2. The molecule has 0 aliphatic heterocycles. The largest absolute Gasteiger partial charge is 0.418 e. The Balaban J connectivity index is 1.90. The molecule has 0 bridgehead atoms. The van der Waals surface area contributed by atoms with Gasteiger partial charge >= 0.3 is 0 Å². The number of aliphatic hydroxyl groups excluding tert-OH is 1. The second-order valence-electron chi connectivity index (χ2n) is 5.72. The van der Waals surface area contributed by atoms with Gasteiger partial charge in [-0.05, 0) is 43.3 Å². The van der Waals surface area contributed by atoms with Crippen molar-refractivity contribution < 1.29 is 9.52 Å². The number of nitrogens with zero attached hydrogens (tertiary/aromatic N) is 3. The zero-order valence-corrected chi connectivity index (χ0v) is 16.2. The first-order chi connectivity index (χ1) is 12.9. The van der Waals surface area contributed by atoms with Crippen LogP contribution in [0.1, 0.15) is 24.4 Å². The maximum absolute atomic E-state index is 10.2. The molecule has 0 radical (unpaired) electrons. The zero-order chi connectivity index (χ0) is 19.6. The third-order valence-corrected chi connectivity index (χ3v) is 4.93. The summed E-state index contributed by atoms with van der Waals surface area (Å²) in [6.07, 6.45) is -0.881. The van der Waals surface area contributed by atoms with E-state index in [0.717, 1.165) is 0 Å². The molecule has 3 rings (SSSR count). The minimum Gasteiger partial charge on any atom is -0.418 e. The van der Waals surface area contributed by atoms with Crippen molar-refractivity contribution in [2.45, 2.75) is 19.1 Å². The Morgan fingerprint density at radius 2 is 1.78 bits per heavy atom. The van der Waals surface area contributed by atoms with E-state index in [1.54, 1.807) is 37.3 Å². The van der Waals surface area contributed by atoms with E-state index in [2.05, 4.69) is 15.5 Å². The molecule has 0 saturated heterocycles. The normalized spacial score (nSPS) is 13.0. The number of anilines is 1. The summed E-state index contributed by atoms with van der Waals surface area (Å²) < 4.78 is 5.70. The fourth-order valence-electron chi connectivity index (χ4n) is 2.37. The topological polar surface area (TPSA) is 95.0 Å². The SMILES string of the molecule is C[C@H](O)[C@@H](Nc1ccc(C#N)c(Cl)c1Cl)c1nnc(-c2ccc(Cl)cc2)o1. The van der Waals surface area contributed by atoms with E-state index >= 15 is 0 Å². The van der Waals surface area contributed by atoms with E-state index in [1.807, 2.05) is 6.07 Å². The van der Waals surface area contributed by atoms with Crippen molar-refractivity contribution in [2.24, 2.45) is 0 Å². The summed E-state index contributed by atoms with van der Waals surface area (Å²) in [5.41, 5.74) is 1.38. The summed E-state index contributed by atoms with van der Waals surface area (Å²) in [5, 5.41) is 31.1. The number of rotatable bonds is 5. The van der Waals surface area contributed by atoms with Gasteiger partial charge in [-0.2, -0.15) is 5.26 Å². The highest BCUT2D eigenvalue weighted by Crippen LogP contribution is 2.35. The highest BCUT2D eigenvalue weighted by Gasteiger charge is 2.25. The summed E-state index contributed by atoms with van der Waals surface area (Å²) in [6, 6.07) is 11.3. The van der Waals surface area contributed by atoms with Crippen molar-refractivity contribution in [3.8, 4) is 17.5 Å². The number of hydrogen-bond donors (Lipinski definition) is 2. The third-order valence-electron chi connectivity index (χ3n) is 3.79. The van der Waals surface area contributed by atoms with Crippen LogP contribution >= 0.6 is 34.8 Å². The monoisotopic (exact) mass is 422 g/mol. The maximum Gasteiger partial charge on any atom is 0.247 e. The molecule has 2 atom stereocenters. The molecule has 1 heterocycles. The molecule has 2 aromatic carbocycles. The highest BCUT2D eigenvalue weighted by atomic mass is 35.5. The third kappa shape index (κ3) is 4.18. The molecule has 0 saturated carbocycles. The van der Waals surface area contributed by atoms with Crippen LogP contribution in [0.2, 0.25) is 15.1 Å².